The Balaban J connectivity index is 1.93. The Bertz CT molecular complexity index is 553. The number of nitrogens with zero attached hydrogens (tertiary/aromatic N) is 1. The van der Waals surface area contributed by atoms with E-state index in [2.05, 4.69) is 5.32 Å². The number of nitrogens with one attached hydrogen (secondary N) is 1. The highest BCUT2D eigenvalue weighted by Crippen LogP contribution is 2.23. The van der Waals surface area contributed by atoms with Gasteiger partial charge in [-0.2, -0.15) is 0 Å². The number of hydrogen-bond acceptors (Lipinski definition) is 3. The van der Waals surface area contributed by atoms with Gasteiger partial charge in [0, 0.05) is 25.1 Å². The van der Waals surface area contributed by atoms with Crippen molar-refractivity contribution in [1.29, 1.82) is 0 Å². The van der Waals surface area contributed by atoms with Gasteiger partial charge in [-0.3, -0.25) is 4.79 Å². The van der Waals surface area contributed by atoms with Crippen molar-refractivity contribution in [2.45, 2.75) is 46.1 Å². The minimum atomic E-state index is -0.301. The number of carbonyl (C=O) groups is 2. The molecule has 6 nitrogen and oxygen atoms in total. The topological polar surface area (TPSA) is 88.6 Å². The summed E-state index contributed by atoms with van der Waals surface area (Å²) in [6, 6.07) is 1.74. The van der Waals surface area contributed by atoms with Crippen molar-refractivity contribution in [2.24, 2.45) is 11.7 Å². The van der Waals surface area contributed by atoms with E-state index in [-0.39, 0.29) is 23.9 Å². The zero-order valence-corrected chi connectivity index (χ0v) is 13.5. The van der Waals surface area contributed by atoms with Crippen LogP contribution in [-0.4, -0.2) is 29.9 Å². The molecular formula is C16H25N3O3. The average Bonchev–Trinajstić information content (AvgIpc) is 2.77. The normalized spacial score (nSPS) is 19.8. The lowest BCUT2D eigenvalue weighted by Crippen LogP contribution is -2.46. The molecule has 0 unspecified atom stereocenters. The number of hydrogen-bond donors (Lipinski definition) is 2. The number of carbonyl (C=O) groups excluding carboxylic acids is 2. The van der Waals surface area contributed by atoms with E-state index in [4.69, 9.17) is 10.2 Å². The van der Waals surface area contributed by atoms with Crippen LogP contribution in [-0.2, 0) is 4.79 Å². The highest BCUT2D eigenvalue weighted by Gasteiger charge is 2.26. The Kier molecular flexibility index (Phi) is 5.11. The number of amides is 3. The lowest BCUT2D eigenvalue weighted by atomic mass is 9.95. The molecule has 3 amide bonds. The molecule has 22 heavy (non-hydrogen) atoms. The molecule has 1 aliphatic heterocycles. The maximum Gasteiger partial charge on any atom is 0.317 e. The molecule has 3 N–H and O–H groups in total. The van der Waals surface area contributed by atoms with Gasteiger partial charge < -0.3 is 20.4 Å². The van der Waals surface area contributed by atoms with Crippen LogP contribution in [0.2, 0.25) is 0 Å². The van der Waals surface area contributed by atoms with Crippen LogP contribution < -0.4 is 11.1 Å². The average molecular weight is 307 g/mol. The first kappa shape index (κ1) is 16.4. The van der Waals surface area contributed by atoms with E-state index < -0.39 is 0 Å². The second kappa shape index (κ2) is 6.85. The van der Waals surface area contributed by atoms with Crippen molar-refractivity contribution in [3.63, 3.8) is 0 Å². The van der Waals surface area contributed by atoms with Crippen LogP contribution >= 0.6 is 0 Å². The van der Waals surface area contributed by atoms with Crippen LogP contribution in [0.4, 0.5) is 4.79 Å². The molecule has 2 heterocycles. The van der Waals surface area contributed by atoms with E-state index in [1.807, 2.05) is 26.8 Å². The van der Waals surface area contributed by atoms with E-state index in [0.29, 0.717) is 13.0 Å². The van der Waals surface area contributed by atoms with E-state index in [0.717, 1.165) is 36.5 Å². The van der Waals surface area contributed by atoms with E-state index >= 15 is 0 Å². The van der Waals surface area contributed by atoms with Gasteiger partial charge in [0.25, 0.3) is 0 Å². The Labute approximate surface area is 131 Å². The summed E-state index contributed by atoms with van der Waals surface area (Å²) in [6.07, 6.45) is 2.20. The van der Waals surface area contributed by atoms with Crippen LogP contribution in [0.1, 0.15) is 49.3 Å². The molecule has 2 atom stereocenters. The Morgan fingerprint density at radius 1 is 1.50 bits per heavy atom. The van der Waals surface area contributed by atoms with Gasteiger partial charge in [-0.1, -0.05) is 0 Å². The summed E-state index contributed by atoms with van der Waals surface area (Å²) in [5.41, 5.74) is 6.25. The summed E-state index contributed by atoms with van der Waals surface area (Å²) in [5.74, 6) is 1.54. The third-order valence-electron chi connectivity index (χ3n) is 4.18. The van der Waals surface area contributed by atoms with Crippen molar-refractivity contribution in [3.8, 4) is 0 Å². The monoisotopic (exact) mass is 307 g/mol. The smallest absolute Gasteiger partial charge is 0.317 e. The molecule has 0 bridgehead atoms. The molecule has 0 saturated carbocycles. The van der Waals surface area contributed by atoms with Gasteiger partial charge in [0.05, 0.1) is 6.04 Å². The number of rotatable bonds is 4. The minimum absolute atomic E-state index is 0.0973. The second-order valence-corrected chi connectivity index (χ2v) is 6.16. The van der Waals surface area contributed by atoms with Crippen LogP contribution in [0.5, 0.6) is 0 Å². The molecular weight excluding hydrogens is 282 g/mol. The number of nitrogens with two attached hydrogens (primary N) is 1. The molecule has 1 aromatic rings. The van der Waals surface area contributed by atoms with Crippen molar-refractivity contribution >= 4 is 11.9 Å². The van der Waals surface area contributed by atoms with Gasteiger partial charge in [0.1, 0.15) is 11.5 Å². The SMILES string of the molecule is Cc1cc([C@H](C)NC(=O)N2CCC[C@H](CC(N)=O)C2)c(C)o1. The molecule has 122 valence electrons. The van der Waals surface area contributed by atoms with Gasteiger partial charge in [0.2, 0.25) is 5.91 Å². The van der Waals surface area contributed by atoms with Gasteiger partial charge in [-0.25, -0.2) is 4.79 Å². The fourth-order valence-electron chi connectivity index (χ4n) is 3.14. The van der Waals surface area contributed by atoms with Crippen LogP contribution in [0.25, 0.3) is 0 Å². The van der Waals surface area contributed by atoms with Crippen molar-refractivity contribution in [1.82, 2.24) is 10.2 Å². The van der Waals surface area contributed by atoms with Gasteiger partial charge in [-0.15, -0.1) is 0 Å². The first-order chi connectivity index (χ1) is 10.4. The maximum atomic E-state index is 12.4. The number of urea groups is 1. The fourth-order valence-corrected chi connectivity index (χ4v) is 3.14. The van der Waals surface area contributed by atoms with Crippen molar-refractivity contribution in [2.75, 3.05) is 13.1 Å². The first-order valence-corrected chi connectivity index (χ1v) is 7.77. The molecule has 6 heteroatoms. The van der Waals surface area contributed by atoms with E-state index in [1.54, 1.807) is 4.90 Å². The van der Waals surface area contributed by atoms with Crippen LogP contribution in [0, 0.1) is 19.8 Å². The largest absolute Gasteiger partial charge is 0.466 e. The molecule has 1 aromatic heterocycles. The van der Waals surface area contributed by atoms with E-state index in [1.165, 1.54) is 0 Å². The second-order valence-electron chi connectivity index (χ2n) is 6.16. The first-order valence-electron chi connectivity index (χ1n) is 7.77. The lowest BCUT2D eigenvalue weighted by Gasteiger charge is -2.33. The van der Waals surface area contributed by atoms with Gasteiger partial charge in [0.15, 0.2) is 0 Å². The highest BCUT2D eigenvalue weighted by molar-refractivity contribution is 5.76. The highest BCUT2D eigenvalue weighted by atomic mass is 16.3. The van der Waals surface area contributed by atoms with E-state index in [9.17, 15) is 9.59 Å². The summed E-state index contributed by atoms with van der Waals surface area (Å²) < 4.78 is 5.51. The maximum absolute atomic E-state index is 12.4. The third kappa shape index (κ3) is 4.02. The van der Waals surface area contributed by atoms with Crippen LogP contribution in [0.15, 0.2) is 10.5 Å². The summed E-state index contributed by atoms with van der Waals surface area (Å²) >= 11 is 0. The van der Waals surface area contributed by atoms with Crippen LogP contribution in [0.3, 0.4) is 0 Å². The molecule has 1 fully saturated rings. The Hall–Kier alpha value is -1.98. The van der Waals surface area contributed by atoms with Gasteiger partial charge >= 0.3 is 6.03 Å². The van der Waals surface area contributed by atoms with Gasteiger partial charge in [-0.05, 0) is 45.6 Å². The predicted molar refractivity (Wildman–Crippen MR) is 83.2 cm³/mol. The number of aryl methyl sites for hydroxylation is 2. The molecule has 2 rings (SSSR count). The molecule has 0 aromatic carbocycles. The number of primary amides is 1. The third-order valence-corrected chi connectivity index (χ3v) is 4.18. The summed E-state index contributed by atoms with van der Waals surface area (Å²) in [4.78, 5) is 25.2. The standard InChI is InChI=1S/C16H25N3O3/c1-10-7-14(12(3)22-10)11(2)18-16(21)19-6-4-5-13(9-19)8-15(17)20/h7,11,13H,4-6,8-9H2,1-3H3,(H2,17,20)(H,18,21)/t11-,13+/m0/s1. The molecule has 0 radical (unpaired) electrons. The zero-order valence-electron chi connectivity index (χ0n) is 13.5. The quantitative estimate of drug-likeness (QED) is 0.894. The molecule has 1 saturated heterocycles. The summed E-state index contributed by atoms with van der Waals surface area (Å²) in [6.45, 7) is 7.04. The minimum Gasteiger partial charge on any atom is -0.466 e. The Morgan fingerprint density at radius 3 is 2.82 bits per heavy atom. The van der Waals surface area contributed by atoms with Crippen molar-refractivity contribution < 1.29 is 14.0 Å². The fraction of sp³-hybridized carbons (Fsp3) is 0.625. The molecule has 0 aliphatic carbocycles. The zero-order chi connectivity index (χ0) is 16.3. The number of likely N-dealkylation sites (tertiary alicyclic amines) is 1. The predicted octanol–water partition coefficient (Wildman–Crippen LogP) is 2.25. The van der Waals surface area contributed by atoms with Crippen molar-refractivity contribution in [3.05, 3.63) is 23.2 Å². The lowest BCUT2D eigenvalue weighted by molar-refractivity contribution is -0.119. The summed E-state index contributed by atoms with van der Waals surface area (Å²) in [5, 5.41) is 3.00. The summed E-state index contributed by atoms with van der Waals surface area (Å²) in [7, 11) is 0. The molecule has 0 spiro atoms. The molecule has 1 aliphatic rings. The number of furan rings is 1. The Morgan fingerprint density at radius 2 is 2.23 bits per heavy atom. The number of piperidine rings is 1.